The minimum absolute atomic E-state index is 0. The number of rotatable bonds is 5. The van der Waals surface area contributed by atoms with Crippen LogP contribution in [0.25, 0.3) is 38.6 Å². The molecule has 41 heavy (non-hydrogen) atoms. The minimum Gasteiger partial charge on any atom is -0.744 e. The van der Waals surface area contributed by atoms with Crippen LogP contribution in [-0.2, 0) is 30.4 Å². The zero-order valence-electron chi connectivity index (χ0n) is 21.7. The maximum atomic E-state index is 11.8. The predicted octanol–water partition coefficient (Wildman–Crippen LogP) is -7.45. The van der Waals surface area contributed by atoms with Gasteiger partial charge in [0.1, 0.15) is 41.4 Å². The molecular weight excluding hydrogens is 678 g/mol. The summed E-state index contributed by atoms with van der Waals surface area (Å²) < 4.78 is 105. The van der Waals surface area contributed by atoms with Gasteiger partial charge in [-0.2, -0.15) is 4.80 Å². The number of fused-ring (bicyclic) bond motifs is 3. The van der Waals surface area contributed by atoms with Crippen molar-refractivity contribution in [2.75, 3.05) is 5.73 Å². The van der Waals surface area contributed by atoms with Crippen LogP contribution in [-0.4, -0.2) is 53.9 Å². The number of nitrogen functional groups attached to an aromatic ring is 1. The smallest absolute Gasteiger partial charge is 0.744 e. The first-order chi connectivity index (χ1) is 17.6. The number of nitrogens with two attached hydrogens (primary N) is 1. The second-order valence-corrected chi connectivity index (χ2v) is 12.2. The quantitative estimate of drug-likeness (QED) is 0.103. The van der Waals surface area contributed by atoms with Crippen LogP contribution in [0.5, 0.6) is 0 Å². The first-order valence-corrected chi connectivity index (χ1v) is 14.6. The molecule has 5 rings (SSSR count). The molecule has 0 aliphatic heterocycles. The van der Waals surface area contributed by atoms with Crippen LogP contribution < -0.4 is 160 Å². The molecule has 0 aliphatic rings. The van der Waals surface area contributed by atoms with Gasteiger partial charge in [0.25, 0.3) is 0 Å². The van der Waals surface area contributed by atoms with Gasteiger partial charge in [-0.3, -0.25) is 0 Å². The van der Waals surface area contributed by atoms with Crippen LogP contribution in [0.4, 0.5) is 5.69 Å². The fourth-order valence-electron chi connectivity index (χ4n) is 3.94. The summed E-state index contributed by atoms with van der Waals surface area (Å²) in [5, 5.41) is 8.37. The Morgan fingerprint density at radius 2 is 1.20 bits per heavy atom. The third kappa shape index (κ3) is 8.23. The van der Waals surface area contributed by atoms with E-state index in [1.807, 2.05) is 0 Å². The van der Waals surface area contributed by atoms with Crippen molar-refractivity contribution >= 4 is 57.8 Å². The van der Waals surface area contributed by atoms with E-state index in [4.69, 9.17) is 5.73 Å². The van der Waals surface area contributed by atoms with Crippen molar-refractivity contribution in [2.45, 2.75) is 14.7 Å². The van der Waals surface area contributed by atoms with Crippen LogP contribution in [0.1, 0.15) is 0 Å². The van der Waals surface area contributed by atoms with E-state index in [1.54, 1.807) is 24.3 Å². The van der Waals surface area contributed by atoms with Crippen LogP contribution in [0.3, 0.4) is 0 Å². The van der Waals surface area contributed by atoms with Crippen molar-refractivity contribution in [1.82, 2.24) is 15.0 Å². The number of benzene rings is 4. The van der Waals surface area contributed by atoms with Crippen molar-refractivity contribution in [2.24, 2.45) is 0 Å². The first-order valence-electron chi connectivity index (χ1n) is 10.3. The molecule has 19 heteroatoms. The number of hydrogen-bond acceptors (Lipinski definition) is 12. The minimum atomic E-state index is -5.15. The SMILES string of the molecule is Nc1ccc(-c2ccc(-n3nc4ccc5c(S(=O)(=O)[O-])cc(S(=O)(=O)[O-])cc5c4n3)cc2)cc1S(=O)(=O)[O-].[K+].[K+].[K+]. The Morgan fingerprint density at radius 1 is 0.610 bits per heavy atom. The maximum Gasteiger partial charge on any atom is 1.00 e. The predicted molar refractivity (Wildman–Crippen MR) is 130 cm³/mol. The van der Waals surface area contributed by atoms with Gasteiger partial charge in [-0.25, -0.2) is 25.3 Å². The Balaban J connectivity index is 0.00000196. The summed E-state index contributed by atoms with van der Waals surface area (Å²) in [6.45, 7) is 0. The topological polar surface area (TPSA) is 228 Å². The summed E-state index contributed by atoms with van der Waals surface area (Å²) >= 11 is 0. The molecule has 0 unspecified atom stereocenters. The maximum absolute atomic E-state index is 11.8. The molecule has 5 aromatic rings. The van der Waals surface area contributed by atoms with E-state index < -0.39 is 45.0 Å². The van der Waals surface area contributed by atoms with E-state index in [0.717, 1.165) is 16.9 Å². The fraction of sp³-hybridized carbons (Fsp3) is 0. The zero-order chi connectivity index (χ0) is 27.6. The summed E-state index contributed by atoms with van der Waals surface area (Å²) in [5.41, 5.74) is 7.00. The average molecular weight is 691 g/mol. The Morgan fingerprint density at radius 3 is 1.76 bits per heavy atom. The molecule has 2 N–H and O–H groups in total. The molecule has 0 saturated carbocycles. The first kappa shape index (κ1) is 38.2. The van der Waals surface area contributed by atoms with E-state index in [9.17, 15) is 38.9 Å². The van der Waals surface area contributed by atoms with Gasteiger partial charge in [-0.1, -0.05) is 24.3 Å². The second kappa shape index (κ2) is 14.2. The number of aromatic nitrogens is 3. The van der Waals surface area contributed by atoms with Gasteiger partial charge in [-0.15, -0.1) is 10.2 Å². The van der Waals surface area contributed by atoms with Crippen molar-refractivity contribution in [3.8, 4) is 16.8 Å². The largest absolute Gasteiger partial charge is 1.00 e. The average Bonchev–Trinajstić information content (AvgIpc) is 3.27. The van der Waals surface area contributed by atoms with E-state index in [1.165, 1.54) is 24.3 Å². The standard InChI is InChI=1S/C22H16N4O9S3.3K/c23-18-7-3-13(9-21(18)38(33,34)35)12-1-4-14(5-2-12)26-24-19-8-6-16-17(22(19)25-26)10-15(36(27,28)29)11-20(16)37(30,31)32;;;/h1-11H,23H2,(H,27,28,29)(H,30,31,32)(H,33,34,35);;;/q;3*+1/p-3. The molecule has 13 nitrogen and oxygen atoms in total. The van der Waals surface area contributed by atoms with Gasteiger partial charge in [0.05, 0.1) is 20.4 Å². The molecule has 0 amide bonds. The van der Waals surface area contributed by atoms with Crippen LogP contribution in [0, 0.1) is 0 Å². The summed E-state index contributed by atoms with van der Waals surface area (Å²) in [4.78, 5) is -1.18. The summed E-state index contributed by atoms with van der Waals surface area (Å²) in [7, 11) is -15.0. The van der Waals surface area contributed by atoms with Gasteiger partial charge < -0.3 is 19.4 Å². The van der Waals surface area contributed by atoms with E-state index in [0.29, 0.717) is 22.9 Å². The third-order valence-corrected chi connectivity index (χ3v) is 8.27. The summed E-state index contributed by atoms with van der Waals surface area (Å²) in [6, 6.07) is 14.4. The molecule has 196 valence electrons. The monoisotopic (exact) mass is 690 g/mol. The van der Waals surface area contributed by atoms with Crippen molar-refractivity contribution in [3.05, 3.63) is 66.7 Å². The van der Waals surface area contributed by atoms with E-state index >= 15 is 0 Å². The van der Waals surface area contributed by atoms with Gasteiger partial charge in [0.2, 0.25) is 0 Å². The summed E-state index contributed by atoms with van der Waals surface area (Å²) in [5.74, 6) is 0. The van der Waals surface area contributed by atoms with Crippen LogP contribution >= 0.6 is 0 Å². The molecule has 0 fully saturated rings. The molecule has 0 atom stereocenters. The molecule has 0 spiro atoms. The second-order valence-electron chi connectivity index (χ2n) is 8.10. The Hall–Kier alpha value is 0.979. The Labute approximate surface area is 362 Å². The van der Waals surface area contributed by atoms with Crippen molar-refractivity contribution in [1.29, 1.82) is 0 Å². The van der Waals surface area contributed by atoms with Gasteiger partial charge >= 0.3 is 154 Å². The molecule has 4 aromatic carbocycles. The van der Waals surface area contributed by atoms with Gasteiger partial charge in [0, 0.05) is 16.5 Å². The van der Waals surface area contributed by atoms with Crippen molar-refractivity contribution in [3.63, 3.8) is 0 Å². The zero-order valence-corrected chi connectivity index (χ0v) is 33.5. The Kier molecular flexibility index (Phi) is 13.2. The van der Waals surface area contributed by atoms with Crippen molar-refractivity contribution < 1.29 is 193 Å². The normalized spacial score (nSPS) is 11.9. The third-order valence-electron chi connectivity index (χ3n) is 5.69. The van der Waals surface area contributed by atoms with E-state index in [-0.39, 0.29) is 182 Å². The number of hydrogen-bond donors (Lipinski definition) is 1. The molecule has 0 bridgehead atoms. The van der Waals surface area contributed by atoms with Crippen LogP contribution in [0.15, 0.2) is 81.4 Å². The molecule has 0 saturated heterocycles. The molecule has 1 heterocycles. The van der Waals surface area contributed by atoms with E-state index in [2.05, 4.69) is 10.2 Å². The number of nitrogens with zero attached hydrogens (tertiary/aromatic N) is 3. The fourth-order valence-corrected chi connectivity index (χ4v) is 5.88. The van der Waals surface area contributed by atoms with Gasteiger partial charge in [0.15, 0.2) is 0 Å². The molecule has 0 radical (unpaired) electrons. The molecular formula is C22H13K3N4O9S3. The molecule has 1 aromatic heterocycles. The Bertz CT molecular complexity index is 2120. The van der Waals surface area contributed by atoms with Gasteiger partial charge in [-0.05, 0) is 53.6 Å². The molecule has 0 aliphatic carbocycles. The summed E-state index contributed by atoms with van der Waals surface area (Å²) in [6.07, 6.45) is 0. The number of anilines is 1. The van der Waals surface area contributed by atoms with Crippen LogP contribution in [0.2, 0.25) is 0 Å².